The third kappa shape index (κ3) is 5.98. The van der Waals surface area contributed by atoms with Crippen molar-refractivity contribution in [2.24, 2.45) is 0 Å². The van der Waals surface area contributed by atoms with E-state index in [1.807, 2.05) is 0 Å². The van der Waals surface area contributed by atoms with Crippen LogP contribution in [0.2, 0.25) is 0 Å². The molecule has 0 aliphatic carbocycles. The molecule has 4 rings (SSSR count). The molecule has 0 unspecified atom stereocenters. The summed E-state index contributed by atoms with van der Waals surface area (Å²) in [7, 11) is 2.95. The molecule has 1 amide bonds. The Morgan fingerprint density at radius 1 is 1.05 bits per heavy atom. The number of anilines is 3. The summed E-state index contributed by atoms with van der Waals surface area (Å²) >= 11 is 0.832. The maximum Gasteiger partial charge on any atom is 0.413 e. The number of benzene rings is 2. The van der Waals surface area contributed by atoms with Gasteiger partial charge in [0, 0.05) is 19.0 Å². The molecule has 204 valence electrons. The van der Waals surface area contributed by atoms with Gasteiger partial charge in [0.1, 0.15) is 11.4 Å². The zero-order valence-electron chi connectivity index (χ0n) is 20.7. The van der Waals surface area contributed by atoms with Crippen molar-refractivity contribution >= 4 is 34.3 Å². The third-order valence-corrected chi connectivity index (χ3v) is 6.67. The van der Waals surface area contributed by atoms with Gasteiger partial charge in [-0.05, 0) is 29.1 Å². The van der Waals surface area contributed by atoms with E-state index in [1.54, 1.807) is 30.3 Å². The van der Waals surface area contributed by atoms with Gasteiger partial charge >= 0.3 is 6.18 Å². The van der Waals surface area contributed by atoms with Crippen LogP contribution in [0.4, 0.5) is 30.2 Å². The number of alkyl halides is 3. The van der Waals surface area contributed by atoms with Gasteiger partial charge in [-0.2, -0.15) is 13.2 Å². The molecule has 4 aromatic rings. The van der Waals surface area contributed by atoms with E-state index < -0.39 is 46.4 Å². The Morgan fingerprint density at radius 3 is 2.38 bits per heavy atom. The Hall–Kier alpha value is -4.52. The second-order valence-corrected chi connectivity index (χ2v) is 9.71. The van der Waals surface area contributed by atoms with Crippen LogP contribution in [0, 0.1) is 0 Å². The maximum atomic E-state index is 14.1. The van der Waals surface area contributed by atoms with Crippen molar-refractivity contribution < 1.29 is 23.1 Å². The number of hydrogen-bond donors (Lipinski definition) is 4. The number of amides is 1. The molecule has 0 spiro atoms. The van der Waals surface area contributed by atoms with Crippen molar-refractivity contribution in [2.75, 3.05) is 24.7 Å². The Morgan fingerprint density at radius 2 is 1.77 bits per heavy atom. The zero-order valence-corrected chi connectivity index (χ0v) is 21.6. The van der Waals surface area contributed by atoms with Gasteiger partial charge in [-0.3, -0.25) is 19.5 Å². The Labute approximate surface area is 224 Å². The van der Waals surface area contributed by atoms with Crippen molar-refractivity contribution in [1.82, 2.24) is 14.7 Å². The first-order valence-corrected chi connectivity index (χ1v) is 12.4. The molecule has 0 saturated heterocycles. The molecule has 0 radical (unpaired) electrons. The lowest BCUT2D eigenvalue weighted by molar-refractivity contribution is -0.143. The maximum absolute atomic E-state index is 14.1. The molecule has 39 heavy (non-hydrogen) atoms. The average molecular weight is 560 g/mol. The smallest absolute Gasteiger partial charge is 0.413 e. The summed E-state index contributed by atoms with van der Waals surface area (Å²) in [5.74, 6) is -1.08. The number of aromatic nitrogens is 2. The number of nitrogens with one attached hydrogen (secondary N) is 3. The molecular formula is C26H24F3N5O4S. The number of thiophene rings is 1. The van der Waals surface area contributed by atoms with Gasteiger partial charge in [0.05, 0.1) is 17.8 Å². The summed E-state index contributed by atoms with van der Waals surface area (Å²) in [5, 5.41) is 19.4. The Kier molecular flexibility index (Phi) is 7.81. The van der Waals surface area contributed by atoms with Crippen LogP contribution in [0.15, 0.2) is 75.6 Å². The van der Waals surface area contributed by atoms with Crippen molar-refractivity contribution in [1.29, 1.82) is 0 Å². The van der Waals surface area contributed by atoms with E-state index in [9.17, 15) is 32.7 Å². The highest BCUT2D eigenvalue weighted by molar-refractivity contribution is 7.10. The predicted molar refractivity (Wildman–Crippen MR) is 143 cm³/mol. The highest BCUT2D eigenvalue weighted by Crippen LogP contribution is 2.39. The number of aromatic amines is 1. The second-order valence-electron chi connectivity index (χ2n) is 8.73. The number of para-hydroxylation sites is 1. The van der Waals surface area contributed by atoms with Crippen LogP contribution in [0.1, 0.15) is 26.8 Å². The first-order chi connectivity index (χ1) is 18.5. The number of H-pyrrole nitrogens is 1. The SMILES string of the molecule is CN(C)C(=O)c1cccc(Nc2c(N[C@@H](c3cccs3)C(F)(F)F)c(=O)[nH]n(Cc3ccccc3)c2=O)c1O. The van der Waals surface area contributed by atoms with Gasteiger partial charge in [0.2, 0.25) is 0 Å². The number of hydrogen-bond acceptors (Lipinski definition) is 7. The van der Waals surface area contributed by atoms with Gasteiger partial charge in [-0.25, -0.2) is 4.68 Å². The normalized spacial score (nSPS) is 12.1. The second kappa shape index (κ2) is 11.1. The molecule has 0 aliphatic heterocycles. The number of carbonyl (C=O) groups is 1. The highest BCUT2D eigenvalue weighted by atomic mass is 32.1. The van der Waals surface area contributed by atoms with Crippen molar-refractivity contribution in [3.05, 3.63) is 103 Å². The average Bonchev–Trinajstić information content (AvgIpc) is 3.41. The summed E-state index contributed by atoms with van der Waals surface area (Å²) in [6, 6.07) is 13.2. The van der Waals surface area contributed by atoms with Crippen LogP contribution < -0.4 is 21.8 Å². The number of phenols is 1. The molecule has 13 heteroatoms. The number of halogens is 3. The fourth-order valence-corrected chi connectivity index (χ4v) is 4.62. The minimum Gasteiger partial charge on any atom is -0.505 e. The summed E-state index contributed by atoms with van der Waals surface area (Å²) in [6.07, 6.45) is -4.81. The molecule has 9 nitrogen and oxygen atoms in total. The monoisotopic (exact) mass is 559 g/mol. The van der Waals surface area contributed by atoms with Gasteiger partial charge < -0.3 is 20.6 Å². The van der Waals surface area contributed by atoms with E-state index >= 15 is 0 Å². The minimum atomic E-state index is -4.81. The molecule has 1 atom stereocenters. The Bertz CT molecular complexity index is 1580. The Balaban J connectivity index is 1.87. The van der Waals surface area contributed by atoms with Crippen molar-refractivity contribution in [2.45, 2.75) is 18.8 Å². The number of carbonyl (C=O) groups excluding carboxylic acids is 1. The standard InChI is InChI=1S/C26H24F3N5O4S/c1-33(2)24(37)16-10-6-11-17(21(16)35)30-20-19(31-22(26(27,28)29)18-12-7-13-39-18)23(36)32-34(25(20)38)14-15-8-4-3-5-9-15/h3-13,22,30-31,35H,14H2,1-2H3,(H,32,36)/t22-/m0/s1. The van der Waals surface area contributed by atoms with E-state index in [2.05, 4.69) is 15.7 Å². The zero-order chi connectivity index (χ0) is 28.3. The summed E-state index contributed by atoms with van der Waals surface area (Å²) in [6.45, 7) is -0.0807. The number of phenolic OH excluding ortho intramolecular Hbond substituents is 1. The van der Waals surface area contributed by atoms with Gasteiger partial charge in [-0.1, -0.05) is 42.5 Å². The summed E-state index contributed by atoms with van der Waals surface area (Å²) in [5.41, 5.74) is -2.69. The van der Waals surface area contributed by atoms with Crippen molar-refractivity contribution in [3.63, 3.8) is 0 Å². The number of aromatic hydroxyl groups is 1. The lowest BCUT2D eigenvalue weighted by Gasteiger charge is -2.23. The molecule has 0 saturated carbocycles. The van der Waals surface area contributed by atoms with Crippen LogP contribution >= 0.6 is 11.3 Å². The van der Waals surface area contributed by atoms with E-state index in [0.717, 1.165) is 16.0 Å². The van der Waals surface area contributed by atoms with Crippen LogP contribution in [-0.4, -0.2) is 46.0 Å². The van der Waals surface area contributed by atoms with Gasteiger partial charge in [0.15, 0.2) is 11.8 Å². The van der Waals surface area contributed by atoms with Crippen LogP contribution in [0.5, 0.6) is 5.75 Å². The van der Waals surface area contributed by atoms with Crippen LogP contribution in [0.25, 0.3) is 0 Å². The molecule has 2 heterocycles. The summed E-state index contributed by atoms with van der Waals surface area (Å²) in [4.78, 5) is 40.3. The van der Waals surface area contributed by atoms with E-state index in [4.69, 9.17) is 0 Å². The van der Waals surface area contributed by atoms with Crippen LogP contribution in [-0.2, 0) is 6.54 Å². The fourth-order valence-electron chi connectivity index (χ4n) is 3.82. The molecular weight excluding hydrogens is 535 g/mol. The lowest BCUT2D eigenvalue weighted by Crippen LogP contribution is -2.36. The molecule has 4 N–H and O–H groups in total. The molecule has 2 aromatic heterocycles. The topological polar surface area (TPSA) is 119 Å². The fraction of sp³-hybridized carbons (Fsp3) is 0.192. The van der Waals surface area contributed by atoms with Gasteiger partial charge in [0.25, 0.3) is 17.0 Å². The highest BCUT2D eigenvalue weighted by Gasteiger charge is 2.42. The molecule has 0 fully saturated rings. The van der Waals surface area contributed by atoms with E-state index in [1.165, 1.54) is 54.7 Å². The largest absolute Gasteiger partial charge is 0.505 e. The first-order valence-electron chi connectivity index (χ1n) is 11.6. The number of nitrogens with zero attached hydrogens (tertiary/aromatic N) is 2. The molecule has 0 bridgehead atoms. The quantitative estimate of drug-likeness (QED) is 0.236. The first kappa shape index (κ1) is 27.5. The van der Waals surface area contributed by atoms with Crippen LogP contribution in [0.3, 0.4) is 0 Å². The van der Waals surface area contributed by atoms with Gasteiger partial charge in [-0.15, -0.1) is 11.3 Å². The number of rotatable bonds is 8. The third-order valence-electron chi connectivity index (χ3n) is 5.73. The molecule has 0 aliphatic rings. The minimum absolute atomic E-state index is 0.0807. The molecule has 2 aromatic carbocycles. The predicted octanol–water partition coefficient (Wildman–Crippen LogP) is 4.51. The van der Waals surface area contributed by atoms with E-state index in [0.29, 0.717) is 5.56 Å². The van der Waals surface area contributed by atoms with Crippen molar-refractivity contribution in [3.8, 4) is 5.75 Å². The van der Waals surface area contributed by atoms with E-state index in [-0.39, 0.29) is 22.7 Å². The summed E-state index contributed by atoms with van der Waals surface area (Å²) < 4.78 is 43.1. The lowest BCUT2D eigenvalue weighted by atomic mass is 10.1.